The first-order chi connectivity index (χ1) is 9.70. The highest BCUT2D eigenvalue weighted by Crippen LogP contribution is 2.34. The summed E-state index contributed by atoms with van der Waals surface area (Å²) in [5.41, 5.74) is 3.34. The molecule has 0 unspecified atom stereocenters. The van der Waals surface area contributed by atoms with Crippen molar-refractivity contribution in [2.75, 3.05) is 11.9 Å². The van der Waals surface area contributed by atoms with E-state index < -0.39 is 11.6 Å². The van der Waals surface area contributed by atoms with Crippen LogP contribution in [0.4, 0.5) is 14.5 Å². The molecule has 0 fully saturated rings. The van der Waals surface area contributed by atoms with Gasteiger partial charge in [-0.05, 0) is 38.2 Å². The van der Waals surface area contributed by atoms with Crippen LogP contribution in [0.2, 0.25) is 0 Å². The van der Waals surface area contributed by atoms with Gasteiger partial charge in [0.05, 0.1) is 16.6 Å². The van der Waals surface area contributed by atoms with E-state index in [4.69, 9.17) is 0 Å². The Labute approximate surface area is 117 Å². The van der Waals surface area contributed by atoms with Gasteiger partial charge in [0.2, 0.25) is 0 Å². The number of rotatable bonds is 2. The van der Waals surface area contributed by atoms with Gasteiger partial charge in [-0.3, -0.25) is 4.98 Å². The number of aromatic nitrogens is 1. The lowest BCUT2D eigenvalue weighted by Gasteiger charge is -2.16. The SMILES string of the molecule is CCNc1c2c(nc3cc(F)cc(F)c13)CCCCC2. The third kappa shape index (κ3) is 2.23. The van der Waals surface area contributed by atoms with Gasteiger partial charge in [0.1, 0.15) is 11.6 Å². The topological polar surface area (TPSA) is 24.9 Å². The van der Waals surface area contributed by atoms with Crippen molar-refractivity contribution in [3.8, 4) is 0 Å². The monoisotopic (exact) mass is 276 g/mol. The van der Waals surface area contributed by atoms with Crippen LogP contribution in [-0.4, -0.2) is 11.5 Å². The molecule has 0 aliphatic heterocycles. The molecule has 3 rings (SSSR count). The van der Waals surface area contributed by atoms with Crippen molar-refractivity contribution in [2.45, 2.75) is 39.0 Å². The maximum atomic E-state index is 14.2. The van der Waals surface area contributed by atoms with E-state index in [9.17, 15) is 8.78 Å². The number of nitrogens with zero attached hydrogens (tertiary/aromatic N) is 1. The molecule has 0 spiro atoms. The maximum Gasteiger partial charge on any atom is 0.137 e. The molecule has 1 heterocycles. The highest BCUT2D eigenvalue weighted by atomic mass is 19.1. The Bertz CT molecular complexity index is 653. The second-order valence-corrected chi connectivity index (χ2v) is 5.28. The van der Waals surface area contributed by atoms with E-state index in [1.165, 1.54) is 6.07 Å². The Morgan fingerprint density at radius 2 is 1.95 bits per heavy atom. The van der Waals surface area contributed by atoms with Crippen molar-refractivity contribution < 1.29 is 8.78 Å². The van der Waals surface area contributed by atoms with E-state index in [1.807, 2.05) is 6.92 Å². The summed E-state index contributed by atoms with van der Waals surface area (Å²) in [6, 6.07) is 2.26. The zero-order valence-electron chi connectivity index (χ0n) is 11.6. The molecule has 0 atom stereocenters. The van der Waals surface area contributed by atoms with Gasteiger partial charge in [0.15, 0.2) is 0 Å². The van der Waals surface area contributed by atoms with Gasteiger partial charge in [-0.15, -0.1) is 0 Å². The number of fused-ring (bicyclic) bond motifs is 2. The van der Waals surface area contributed by atoms with Crippen molar-refractivity contribution in [2.24, 2.45) is 0 Å². The van der Waals surface area contributed by atoms with E-state index in [0.29, 0.717) is 17.4 Å². The molecule has 1 aromatic heterocycles. The molecule has 1 aliphatic rings. The standard InChI is InChI=1S/C16H18F2N2/c1-2-19-16-11-6-4-3-5-7-13(11)20-14-9-10(17)8-12(18)15(14)16/h8-9H,2-7H2,1H3,(H,19,20). The maximum absolute atomic E-state index is 14.2. The molecule has 1 aliphatic carbocycles. The number of pyridine rings is 1. The van der Waals surface area contributed by atoms with Gasteiger partial charge in [-0.1, -0.05) is 6.42 Å². The largest absolute Gasteiger partial charge is 0.384 e. The summed E-state index contributed by atoms with van der Waals surface area (Å²) in [6.45, 7) is 2.69. The van der Waals surface area contributed by atoms with Crippen molar-refractivity contribution in [1.82, 2.24) is 4.98 Å². The van der Waals surface area contributed by atoms with Gasteiger partial charge < -0.3 is 5.32 Å². The molecule has 1 aromatic carbocycles. The predicted octanol–water partition coefficient (Wildman–Crippen LogP) is 4.21. The lowest BCUT2D eigenvalue weighted by Crippen LogP contribution is -2.07. The first-order valence-electron chi connectivity index (χ1n) is 7.25. The average Bonchev–Trinajstić information content (AvgIpc) is 2.63. The van der Waals surface area contributed by atoms with Crippen LogP contribution >= 0.6 is 0 Å². The van der Waals surface area contributed by atoms with Crippen molar-refractivity contribution in [1.29, 1.82) is 0 Å². The molecule has 2 nitrogen and oxygen atoms in total. The summed E-state index contributed by atoms with van der Waals surface area (Å²) in [5.74, 6) is -1.10. The third-order valence-electron chi connectivity index (χ3n) is 3.88. The second-order valence-electron chi connectivity index (χ2n) is 5.28. The average molecular weight is 276 g/mol. The minimum Gasteiger partial charge on any atom is -0.384 e. The fourth-order valence-electron chi connectivity index (χ4n) is 3.02. The van der Waals surface area contributed by atoms with Gasteiger partial charge >= 0.3 is 0 Å². The number of anilines is 1. The predicted molar refractivity (Wildman–Crippen MR) is 77.1 cm³/mol. The molecule has 20 heavy (non-hydrogen) atoms. The molecule has 106 valence electrons. The first-order valence-corrected chi connectivity index (χ1v) is 7.25. The first kappa shape index (κ1) is 13.3. The van der Waals surface area contributed by atoms with Crippen LogP contribution in [0.3, 0.4) is 0 Å². The van der Waals surface area contributed by atoms with Crippen LogP contribution in [0.5, 0.6) is 0 Å². The van der Waals surface area contributed by atoms with E-state index in [1.54, 1.807) is 0 Å². The fraction of sp³-hybridized carbons (Fsp3) is 0.438. The molecule has 0 radical (unpaired) electrons. The van der Waals surface area contributed by atoms with Gasteiger partial charge in [-0.25, -0.2) is 8.78 Å². The summed E-state index contributed by atoms with van der Waals surface area (Å²) in [4.78, 5) is 4.52. The molecular weight excluding hydrogens is 258 g/mol. The lowest BCUT2D eigenvalue weighted by molar-refractivity contribution is 0.591. The molecule has 1 N–H and O–H groups in total. The van der Waals surface area contributed by atoms with Gasteiger partial charge in [-0.2, -0.15) is 0 Å². The Morgan fingerprint density at radius 3 is 2.75 bits per heavy atom. The summed E-state index contributed by atoms with van der Waals surface area (Å²) in [7, 11) is 0. The normalized spacial score (nSPS) is 14.9. The lowest BCUT2D eigenvalue weighted by atomic mass is 10.0. The summed E-state index contributed by atoms with van der Waals surface area (Å²) >= 11 is 0. The number of benzene rings is 1. The molecule has 0 bridgehead atoms. The number of hydrogen-bond donors (Lipinski definition) is 1. The van der Waals surface area contributed by atoms with Crippen LogP contribution in [0.15, 0.2) is 12.1 Å². The number of halogens is 2. The number of aryl methyl sites for hydroxylation is 1. The molecule has 0 saturated heterocycles. The van der Waals surface area contributed by atoms with Crippen LogP contribution in [-0.2, 0) is 12.8 Å². The van der Waals surface area contributed by atoms with Crippen molar-refractivity contribution in [3.05, 3.63) is 35.0 Å². The molecule has 0 amide bonds. The molecule has 2 aromatic rings. The van der Waals surface area contributed by atoms with Gasteiger partial charge in [0, 0.05) is 24.4 Å². The van der Waals surface area contributed by atoms with Crippen LogP contribution in [0.25, 0.3) is 10.9 Å². The highest BCUT2D eigenvalue weighted by molar-refractivity contribution is 5.94. The van der Waals surface area contributed by atoms with Crippen LogP contribution in [0.1, 0.15) is 37.4 Å². The number of nitrogens with one attached hydrogen (secondary N) is 1. The second kappa shape index (κ2) is 5.35. The molecular formula is C16H18F2N2. The minimum atomic E-state index is -0.571. The summed E-state index contributed by atoms with van der Waals surface area (Å²) in [5, 5.41) is 3.69. The molecule has 0 saturated carbocycles. The number of hydrogen-bond acceptors (Lipinski definition) is 2. The van der Waals surface area contributed by atoms with E-state index >= 15 is 0 Å². The Kier molecular flexibility index (Phi) is 3.55. The van der Waals surface area contributed by atoms with Crippen LogP contribution < -0.4 is 5.32 Å². The quantitative estimate of drug-likeness (QED) is 0.831. The summed E-state index contributed by atoms with van der Waals surface area (Å²) in [6.07, 6.45) is 5.16. The van der Waals surface area contributed by atoms with Gasteiger partial charge in [0.25, 0.3) is 0 Å². The van der Waals surface area contributed by atoms with E-state index in [-0.39, 0.29) is 0 Å². The highest BCUT2D eigenvalue weighted by Gasteiger charge is 2.19. The van der Waals surface area contributed by atoms with E-state index in [2.05, 4.69) is 10.3 Å². The fourth-order valence-corrected chi connectivity index (χ4v) is 3.02. The van der Waals surface area contributed by atoms with E-state index in [0.717, 1.165) is 55.1 Å². The van der Waals surface area contributed by atoms with Crippen LogP contribution in [0, 0.1) is 11.6 Å². The van der Waals surface area contributed by atoms with Crippen molar-refractivity contribution in [3.63, 3.8) is 0 Å². The third-order valence-corrected chi connectivity index (χ3v) is 3.88. The Balaban J connectivity index is 2.33. The van der Waals surface area contributed by atoms with Crippen molar-refractivity contribution >= 4 is 16.6 Å². The Hall–Kier alpha value is -1.71. The zero-order chi connectivity index (χ0) is 14.1. The molecule has 4 heteroatoms. The summed E-state index contributed by atoms with van der Waals surface area (Å²) < 4.78 is 27.6. The Morgan fingerprint density at radius 1 is 1.15 bits per heavy atom. The zero-order valence-corrected chi connectivity index (χ0v) is 11.6. The minimum absolute atomic E-state index is 0.416. The smallest absolute Gasteiger partial charge is 0.137 e.